The van der Waals surface area contributed by atoms with Crippen molar-refractivity contribution < 1.29 is 8.78 Å². The molecule has 1 nitrogen and oxygen atoms in total. The van der Waals surface area contributed by atoms with Gasteiger partial charge in [-0.05, 0) is 12.6 Å². The lowest BCUT2D eigenvalue weighted by Crippen LogP contribution is -2.26. The van der Waals surface area contributed by atoms with Crippen molar-refractivity contribution in [2.45, 2.75) is 6.43 Å². The summed E-state index contributed by atoms with van der Waals surface area (Å²) in [7, 11) is 1.61. The average molecular weight is 184 g/mol. The van der Waals surface area contributed by atoms with E-state index in [4.69, 9.17) is 11.6 Å². The molecule has 0 atom stereocenters. The van der Waals surface area contributed by atoms with Gasteiger partial charge in [-0.2, -0.15) is 0 Å². The molecule has 0 rings (SSSR count). The van der Waals surface area contributed by atoms with Crippen molar-refractivity contribution in [3.05, 3.63) is 12.2 Å². The van der Waals surface area contributed by atoms with E-state index in [0.29, 0.717) is 12.4 Å². The van der Waals surface area contributed by atoms with Gasteiger partial charge in [-0.15, -0.1) is 11.6 Å². The van der Waals surface area contributed by atoms with Gasteiger partial charge >= 0.3 is 0 Å². The third-order valence-corrected chi connectivity index (χ3v) is 1.51. The lowest BCUT2D eigenvalue weighted by Gasteiger charge is -2.15. The highest BCUT2D eigenvalue weighted by Crippen LogP contribution is 2.00. The van der Waals surface area contributed by atoms with Crippen molar-refractivity contribution in [1.82, 2.24) is 4.90 Å². The molecule has 0 spiro atoms. The maximum absolute atomic E-state index is 11.7. The Morgan fingerprint density at radius 3 is 2.55 bits per heavy atom. The molecule has 0 amide bonds. The predicted octanol–water partition coefficient (Wildman–Crippen LogP) is 1.98. The number of nitrogens with zero attached hydrogens (tertiary/aromatic N) is 1. The van der Waals surface area contributed by atoms with Crippen LogP contribution < -0.4 is 0 Å². The Bertz CT molecular complexity index is 128. The lowest BCUT2D eigenvalue weighted by molar-refractivity contribution is 0.104. The van der Waals surface area contributed by atoms with Crippen molar-refractivity contribution in [3.8, 4) is 0 Å². The van der Waals surface area contributed by atoms with Gasteiger partial charge in [0.2, 0.25) is 0 Å². The number of rotatable bonds is 5. The second-order valence-corrected chi connectivity index (χ2v) is 2.74. The summed E-state index contributed by atoms with van der Waals surface area (Å²) >= 11 is 5.42. The molecule has 0 radical (unpaired) electrons. The zero-order valence-electron chi connectivity index (χ0n) is 6.49. The quantitative estimate of drug-likeness (QED) is 0.466. The fraction of sp³-hybridized carbons (Fsp3) is 0.714. The highest BCUT2D eigenvalue weighted by atomic mass is 35.5. The first-order valence-corrected chi connectivity index (χ1v) is 3.79. The molecule has 0 bridgehead atoms. The van der Waals surface area contributed by atoms with Gasteiger partial charge in [0.1, 0.15) is 0 Å². The van der Waals surface area contributed by atoms with Crippen molar-refractivity contribution in [1.29, 1.82) is 0 Å². The van der Waals surface area contributed by atoms with E-state index in [2.05, 4.69) is 6.58 Å². The minimum Gasteiger partial charge on any atom is -0.297 e. The summed E-state index contributed by atoms with van der Waals surface area (Å²) in [6.45, 7) is 3.81. The molecule has 4 heteroatoms. The van der Waals surface area contributed by atoms with E-state index in [1.54, 1.807) is 7.05 Å². The molecule has 0 unspecified atom stereocenters. The number of hydrogen-bond donors (Lipinski definition) is 0. The number of alkyl halides is 3. The zero-order valence-corrected chi connectivity index (χ0v) is 7.24. The van der Waals surface area contributed by atoms with Crippen molar-refractivity contribution in [2.24, 2.45) is 0 Å². The molecule has 0 N–H and O–H groups in total. The van der Waals surface area contributed by atoms with Crippen LogP contribution in [0.2, 0.25) is 0 Å². The Kier molecular flexibility index (Phi) is 5.42. The Morgan fingerprint density at radius 1 is 1.64 bits per heavy atom. The van der Waals surface area contributed by atoms with E-state index in [0.717, 1.165) is 5.57 Å². The number of likely N-dealkylation sites (N-methyl/N-ethyl adjacent to an activating group) is 1. The highest BCUT2D eigenvalue weighted by Gasteiger charge is 2.07. The molecular formula is C7H12ClF2N. The SMILES string of the molecule is C=C(CCl)CN(C)CC(F)F. The number of hydrogen-bond acceptors (Lipinski definition) is 1. The van der Waals surface area contributed by atoms with Crippen LogP contribution in [0.1, 0.15) is 0 Å². The van der Waals surface area contributed by atoms with Crippen molar-refractivity contribution in [3.63, 3.8) is 0 Å². The smallest absolute Gasteiger partial charge is 0.251 e. The monoisotopic (exact) mass is 183 g/mol. The summed E-state index contributed by atoms with van der Waals surface area (Å²) in [5, 5.41) is 0. The number of halogens is 3. The van der Waals surface area contributed by atoms with Gasteiger partial charge in [-0.25, -0.2) is 8.78 Å². The van der Waals surface area contributed by atoms with Gasteiger partial charge in [-0.3, -0.25) is 4.90 Å². The standard InChI is InChI=1S/C7H12ClF2N/c1-6(3-8)4-11(2)5-7(9)10/h7H,1,3-5H2,2H3. The summed E-state index contributed by atoms with van der Waals surface area (Å²) in [5.74, 6) is 0.327. The van der Waals surface area contributed by atoms with Crippen LogP contribution in [-0.4, -0.2) is 37.3 Å². The minimum atomic E-state index is -2.29. The van der Waals surface area contributed by atoms with Crippen molar-refractivity contribution in [2.75, 3.05) is 26.0 Å². The summed E-state index contributed by atoms with van der Waals surface area (Å²) in [6, 6.07) is 0. The van der Waals surface area contributed by atoms with Gasteiger partial charge in [0.25, 0.3) is 6.43 Å². The van der Waals surface area contributed by atoms with Crippen LogP contribution in [0.5, 0.6) is 0 Å². The zero-order chi connectivity index (χ0) is 8.85. The Labute approximate surface area is 70.6 Å². The van der Waals surface area contributed by atoms with Crippen molar-refractivity contribution >= 4 is 11.6 Å². The normalized spacial score (nSPS) is 11.1. The van der Waals surface area contributed by atoms with Crippen LogP contribution in [0.15, 0.2) is 12.2 Å². The van der Waals surface area contributed by atoms with Crippen LogP contribution in [0.25, 0.3) is 0 Å². The molecule has 0 aromatic rings. The fourth-order valence-electron chi connectivity index (χ4n) is 0.724. The summed E-state index contributed by atoms with van der Waals surface area (Å²) in [5.41, 5.74) is 0.759. The molecule has 0 aromatic heterocycles. The van der Waals surface area contributed by atoms with E-state index in [9.17, 15) is 8.78 Å². The maximum atomic E-state index is 11.7. The van der Waals surface area contributed by atoms with Crippen LogP contribution in [-0.2, 0) is 0 Å². The van der Waals surface area contributed by atoms with E-state index in [-0.39, 0.29) is 6.54 Å². The third-order valence-electron chi connectivity index (χ3n) is 1.13. The third kappa shape index (κ3) is 6.26. The van der Waals surface area contributed by atoms with Gasteiger partial charge in [-0.1, -0.05) is 6.58 Å². The summed E-state index contributed by atoms with van der Waals surface area (Å²) in [6.07, 6.45) is -2.29. The molecule has 0 saturated heterocycles. The Balaban J connectivity index is 3.51. The maximum Gasteiger partial charge on any atom is 0.251 e. The predicted molar refractivity (Wildman–Crippen MR) is 43.4 cm³/mol. The van der Waals surface area contributed by atoms with Crippen LogP contribution in [0.3, 0.4) is 0 Å². The van der Waals surface area contributed by atoms with E-state index in [1.165, 1.54) is 4.90 Å². The van der Waals surface area contributed by atoms with Gasteiger partial charge in [0, 0.05) is 12.4 Å². The molecule has 0 aromatic carbocycles. The van der Waals surface area contributed by atoms with Gasteiger partial charge < -0.3 is 0 Å². The Morgan fingerprint density at radius 2 is 2.18 bits per heavy atom. The van der Waals surface area contributed by atoms with Gasteiger partial charge in [0.15, 0.2) is 0 Å². The first-order chi connectivity index (χ1) is 5.06. The molecule has 0 heterocycles. The van der Waals surface area contributed by atoms with E-state index < -0.39 is 6.43 Å². The minimum absolute atomic E-state index is 0.226. The molecule has 0 aliphatic carbocycles. The van der Waals surface area contributed by atoms with Crippen LogP contribution in [0.4, 0.5) is 8.78 Å². The second-order valence-electron chi connectivity index (χ2n) is 2.47. The largest absolute Gasteiger partial charge is 0.297 e. The van der Waals surface area contributed by atoms with E-state index in [1.807, 2.05) is 0 Å². The highest BCUT2D eigenvalue weighted by molar-refractivity contribution is 6.19. The van der Waals surface area contributed by atoms with Crippen LogP contribution in [0, 0.1) is 0 Å². The topological polar surface area (TPSA) is 3.24 Å². The molecule has 0 aliphatic heterocycles. The molecule has 0 fully saturated rings. The van der Waals surface area contributed by atoms with Gasteiger partial charge in [0.05, 0.1) is 6.54 Å². The fourth-order valence-corrected chi connectivity index (χ4v) is 0.809. The summed E-state index contributed by atoms with van der Waals surface area (Å²) < 4.78 is 23.5. The molecule has 0 saturated carbocycles. The summed E-state index contributed by atoms with van der Waals surface area (Å²) in [4.78, 5) is 1.50. The molecule has 0 aliphatic rings. The lowest BCUT2D eigenvalue weighted by atomic mass is 10.3. The first kappa shape index (κ1) is 10.8. The Hall–Kier alpha value is -0.150. The second kappa shape index (κ2) is 5.49. The molecule has 11 heavy (non-hydrogen) atoms. The molecular weight excluding hydrogens is 172 g/mol. The van der Waals surface area contributed by atoms with Crippen LogP contribution >= 0.6 is 11.6 Å². The van der Waals surface area contributed by atoms with E-state index >= 15 is 0 Å². The average Bonchev–Trinajstić information content (AvgIpc) is 1.85. The molecule has 66 valence electrons. The first-order valence-electron chi connectivity index (χ1n) is 3.25.